The fourth-order valence-electron chi connectivity index (χ4n) is 5.97. The Morgan fingerprint density at radius 1 is 0.857 bits per heavy atom. The average molecular weight is 675 g/mol. The molecule has 4 aromatic rings. The minimum Gasteiger partial charge on any atom is -0.496 e. The molecular formula is C38H43FN2O8. The Morgan fingerprint density at radius 3 is 2.14 bits per heavy atom. The summed E-state index contributed by atoms with van der Waals surface area (Å²) in [5, 5.41) is 24.3. The van der Waals surface area contributed by atoms with Crippen LogP contribution >= 0.6 is 0 Å². The number of hydrogen-bond acceptors (Lipinski definition) is 8. The van der Waals surface area contributed by atoms with Gasteiger partial charge in [0, 0.05) is 29.4 Å². The van der Waals surface area contributed by atoms with E-state index in [1.165, 1.54) is 33.5 Å². The molecule has 3 aromatic carbocycles. The van der Waals surface area contributed by atoms with Crippen LogP contribution in [0.25, 0.3) is 22.3 Å². The highest BCUT2D eigenvalue weighted by atomic mass is 19.1. The van der Waals surface area contributed by atoms with Gasteiger partial charge in [0.1, 0.15) is 22.8 Å². The molecule has 0 radical (unpaired) electrons. The molecule has 2 atom stereocenters. The summed E-state index contributed by atoms with van der Waals surface area (Å²) in [6, 6.07) is 20.2. The van der Waals surface area contributed by atoms with Crippen molar-refractivity contribution < 1.29 is 43.2 Å². The molecule has 0 aliphatic heterocycles. The molecular weight excluding hydrogens is 631 g/mol. The summed E-state index contributed by atoms with van der Waals surface area (Å²) in [6.45, 7) is 4.03. The van der Waals surface area contributed by atoms with Crippen molar-refractivity contribution in [1.29, 1.82) is 0 Å². The van der Waals surface area contributed by atoms with Gasteiger partial charge in [-0.1, -0.05) is 48.5 Å². The predicted octanol–water partition coefficient (Wildman–Crippen LogP) is 5.87. The lowest BCUT2D eigenvalue weighted by atomic mass is 9.92. The Balaban J connectivity index is 1.81. The Bertz CT molecular complexity index is 1750. The van der Waals surface area contributed by atoms with E-state index in [1.807, 2.05) is 48.7 Å². The van der Waals surface area contributed by atoms with Gasteiger partial charge in [-0.3, -0.25) is 9.59 Å². The van der Waals surface area contributed by atoms with Gasteiger partial charge in [0.25, 0.3) is 5.91 Å². The molecule has 0 bridgehead atoms. The molecule has 0 fully saturated rings. The van der Waals surface area contributed by atoms with Crippen LogP contribution in [0.15, 0.2) is 72.8 Å². The maximum atomic E-state index is 14.4. The first kappa shape index (κ1) is 36.8. The standard InChI is InChI=1S/C38H43FN2O8/c1-23(2)41-31(18-16-28(42)20-29(43)21-33(44)48-4)34(26-12-14-27(39)15-13-26)35(25-9-7-6-8-10-25)36(41)37(45)40-22-24-11-17-30(38(46)49-5)32(19-24)47-3/h6-15,17,19,23,28-29,42-43H,16,18,20-22H2,1-5H3,(H,40,45)/t28-,29-/m1/s1. The second-order valence-corrected chi connectivity index (χ2v) is 12.0. The number of carbonyl (C=O) groups is 3. The molecule has 4 rings (SSSR count). The van der Waals surface area contributed by atoms with E-state index >= 15 is 0 Å². The molecule has 49 heavy (non-hydrogen) atoms. The lowest BCUT2D eigenvalue weighted by Gasteiger charge is -2.20. The van der Waals surface area contributed by atoms with Gasteiger partial charge in [-0.15, -0.1) is 0 Å². The minimum absolute atomic E-state index is 0.0412. The number of nitrogens with zero attached hydrogens (tertiary/aromatic N) is 1. The summed E-state index contributed by atoms with van der Waals surface area (Å²) in [5.74, 6) is -1.58. The third-order valence-electron chi connectivity index (χ3n) is 8.25. The zero-order valence-corrected chi connectivity index (χ0v) is 28.4. The number of hydrogen-bond donors (Lipinski definition) is 3. The van der Waals surface area contributed by atoms with Gasteiger partial charge in [-0.05, 0) is 74.1 Å². The van der Waals surface area contributed by atoms with E-state index in [-0.39, 0.29) is 43.3 Å². The third kappa shape index (κ3) is 8.92. The van der Waals surface area contributed by atoms with Crippen LogP contribution in [0.4, 0.5) is 4.39 Å². The quantitative estimate of drug-likeness (QED) is 0.133. The lowest BCUT2D eigenvalue weighted by molar-refractivity contribution is -0.143. The van der Waals surface area contributed by atoms with E-state index in [2.05, 4.69) is 10.1 Å². The van der Waals surface area contributed by atoms with E-state index in [1.54, 1.807) is 30.3 Å². The van der Waals surface area contributed by atoms with Crippen LogP contribution in [0, 0.1) is 5.82 Å². The molecule has 0 aliphatic carbocycles. The van der Waals surface area contributed by atoms with Crippen molar-refractivity contribution in [2.24, 2.45) is 0 Å². The van der Waals surface area contributed by atoms with Gasteiger partial charge in [-0.25, -0.2) is 9.18 Å². The number of halogens is 1. The van der Waals surface area contributed by atoms with Gasteiger partial charge in [0.05, 0.1) is 40.0 Å². The Labute approximate surface area is 285 Å². The van der Waals surface area contributed by atoms with Gasteiger partial charge in [0.15, 0.2) is 0 Å². The fourth-order valence-corrected chi connectivity index (χ4v) is 5.97. The smallest absolute Gasteiger partial charge is 0.341 e. The van der Waals surface area contributed by atoms with Crippen molar-refractivity contribution in [3.8, 4) is 28.0 Å². The summed E-state index contributed by atoms with van der Waals surface area (Å²) in [5.41, 5.74) is 4.90. The second-order valence-electron chi connectivity index (χ2n) is 12.0. The number of nitrogens with one attached hydrogen (secondary N) is 1. The van der Waals surface area contributed by atoms with Gasteiger partial charge in [0.2, 0.25) is 0 Å². The number of aliphatic hydroxyl groups excluding tert-OH is 2. The molecule has 0 saturated heterocycles. The van der Waals surface area contributed by atoms with Crippen molar-refractivity contribution >= 4 is 17.8 Å². The summed E-state index contributed by atoms with van der Waals surface area (Å²) in [4.78, 5) is 38.2. The maximum absolute atomic E-state index is 14.4. The maximum Gasteiger partial charge on any atom is 0.341 e. The molecule has 0 spiro atoms. The van der Waals surface area contributed by atoms with E-state index in [9.17, 15) is 29.0 Å². The van der Waals surface area contributed by atoms with Crippen molar-refractivity contribution in [3.63, 3.8) is 0 Å². The van der Waals surface area contributed by atoms with Crippen LogP contribution in [0.2, 0.25) is 0 Å². The molecule has 10 nitrogen and oxygen atoms in total. The number of amides is 1. The van der Waals surface area contributed by atoms with Crippen molar-refractivity contribution in [3.05, 3.63) is 101 Å². The molecule has 1 heterocycles. The highest BCUT2D eigenvalue weighted by Gasteiger charge is 2.30. The van der Waals surface area contributed by atoms with Crippen molar-refractivity contribution in [2.45, 2.75) is 64.3 Å². The summed E-state index contributed by atoms with van der Waals surface area (Å²) >= 11 is 0. The van der Waals surface area contributed by atoms with Crippen LogP contribution in [0.3, 0.4) is 0 Å². The molecule has 0 unspecified atom stereocenters. The molecule has 3 N–H and O–H groups in total. The highest BCUT2D eigenvalue weighted by molar-refractivity contribution is 6.05. The first-order valence-corrected chi connectivity index (χ1v) is 16.0. The molecule has 0 aliphatic rings. The van der Waals surface area contributed by atoms with E-state index in [0.29, 0.717) is 34.6 Å². The van der Waals surface area contributed by atoms with Gasteiger partial charge in [-0.2, -0.15) is 0 Å². The molecule has 1 amide bonds. The number of aliphatic hydroxyl groups is 2. The van der Waals surface area contributed by atoms with Crippen LogP contribution in [-0.2, 0) is 27.2 Å². The van der Waals surface area contributed by atoms with Crippen molar-refractivity contribution in [1.82, 2.24) is 9.88 Å². The summed E-state index contributed by atoms with van der Waals surface area (Å²) < 4.78 is 31.0. The second kappa shape index (κ2) is 16.9. The first-order chi connectivity index (χ1) is 23.5. The highest BCUT2D eigenvalue weighted by Crippen LogP contribution is 2.42. The Kier molecular flexibility index (Phi) is 12.7. The average Bonchev–Trinajstić information content (AvgIpc) is 3.45. The zero-order chi connectivity index (χ0) is 35.7. The van der Waals surface area contributed by atoms with E-state index in [0.717, 1.165) is 16.8 Å². The summed E-state index contributed by atoms with van der Waals surface area (Å²) in [6.07, 6.45) is -1.81. The Hall–Kier alpha value is -5.00. The molecule has 1 aromatic heterocycles. The van der Waals surface area contributed by atoms with Crippen LogP contribution < -0.4 is 10.1 Å². The van der Waals surface area contributed by atoms with Gasteiger partial charge >= 0.3 is 11.9 Å². The normalized spacial score (nSPS) is 12.3. The predicted molar refractivity (Wildman–Crippen MR) is 183 cm³/mol. The SMILES string of the molecule is COC(=O)C[C@H](O)C[C@H](O)CCc1c(-c2ccc(F)cc2)c(-c2ccccc2)c(C(=O)NCc2ccc(C(=O)OC)c(OC)c2)n1C(C)C. The number of rotatable bonds is 15. The third-order valence-corrected chi connectivity index (χ3v) is 8.25. The molecule has 0 saturated carbocycles. The monoisotopic (exact) mass is 674 g/mol. The van der Waals surface area contributed by atoms with Crippen LogP contribution in [-0.4, -0.2) is 66.2 Å². The summed E-state index contributed by atoms with van der Waals surface area (Å²) in [7, 11) is 3.97. The minimum atomic E-state index is -1.09. The fraction of sp³-hybridized carbons (Fsp3) is 0.342. The molecule has 260 valence electrons. The lowest BCUT2D eigenvalue weighted by Crippen LogP contribution is -2.27. The number of ether oxygens (including phenoxy) is 3. The van der Waals surface area contributed by atoms with E-state index < -0.39 is 30.0 Å². The number of methoxy groups -OCH3 is 3. The number of aromatic nitrogens is 1. The van der Waals surface area contributed by atoms with Crippen LogP contribution in [0.5, 0.6) is 5.75 Å². The number of esters is 2. The first-order valence-electron chi connectivity index (χ1n) is 16.0. The van der Waals surface area contributed by atoms with Gasteiger partial charge < -0.3 is 34.3 Å². The van der Waals surface area contributed by atoms with E-state index in [4.69, 9.17) is 9.47 Å². The Morgan fingerprint density at radius 2 is 1.53 bits per heavy atom. The topological polar surface area (TPSA) is 136 Å². The van der Waals surface area contributed by atoms with Crippen LogP contribution in [0.1, 0.15) is 71.3 Å². The van der Waals surface area contributed by atoms with Crippen molar-refractivity contribution in [2.75, 3.05) is 21.3 Å². The largest absolute Gasteiger partial charge is 0.496 e. The number of carbonyl (C=O) groups excluding carboxylic acids is 3. The number of benzene rings is 3. The zero-order valence-electron chi connectivity index (χ0n) is 28.4. The molecule has 11 heteroatoms.